The predicted molar refractivity (Wildman–Crippen MR) is 178 cm³/mol. The molecule has 19 nitrogen and oxygen atoms in total. The molecule has 3 fully saturated rings. The number of aromatic hydroxyl groups is 4. The lowest BCUT2D eigenvalue weighted by Gasteiger charge is -2.48. The first-order valence-corrected chi connectivity index (χ1v) is 17.1. The summed E-state index contributed by atoms with van der Waals surface area (Å²) in [6, 6.07) is 7.90. The Kier molecular flexibility index (Phi) is 13.7. The van der Waals surface area contributed by atoms with Gasteiger partial charge in [-0.05, 0) is 61.7 Å². The molecule has 2 aromatic rings. The Balaban J connectivity index is 1.41. The fourth-order valence-electron chi connectivity index (χ4n) is 6.06. The van der Waals surface area contributed by atoms with Crippen molar-refractivity contribution in [3.8, 4) is 23.0 Å². The van der Waals surface area contributed by atoms with Crippen molar-refractivity contribution in [2.24, 2.45) is 0 Å². The number of rotatable bonds is 12. The number of phenols is 4. The molecule has 54 heavy (non-hydrogen) atoms. The minimum absolute atomic E-state index is 0.113. The molecule has 0 unspecified atom stereocenters. The molecule has 0 bridgehead atoms. The van der Waals surface area contributed by atoms with Crippen LogP contribution in [0, 0.1) is 0 Å². The van der Waals surface area contributed by atoms with Gasteiger partial charge in [-0.2, -0.15) is 0 Å². The van der Waals surface area contributed by atoms with E-state index in [-0.39, 0.29) is 30.3 Å². The number of esters is 1. The highest BCUT2D eigenvalue weighted by atomic mass is 16.8. The highest BCUT2D eigenvalue weighted by molar-refractivity contribution is 5.87. The zero-order valence-electron chi connectivity index (χ0n) is 29.1. The molecular formula is C35H46O19. The first kappa shape index (κ1) is 41.5. The van der Waals surface area contributed by atoms with Gasteiger partial charge in [-0.3, -0.25) is 0 Å². The number of benzene rings is 2. The maximum Gasteiger partial charge on any atom is 0.330 e. The number of phenolic OH excluding ortho intramolecular Hbond substituents is 4. The van der Waals surface area contributed by atoms with E-state index in [2.05, 4.69) is 0 Å². The van der Waals surface area contributed by atoms with Gasteiger partial charge in [-0.15, -0.1) is 0 Å². The van der Waals surface area contributed by atoms with Gasteiger partial charge in [0.2, 0.25) is 0 Å². The van der Waals surface area contributed by atoms with Gasteiger partial charge < -0.3 is 89.3 Å². The van der Waals surface area contributed by atoms with Crippen LogP contribution in [0.4, 0.5) is 0 Å². The zero-order valence-corrected chi connectivity index (χ0v) is 29.1. The molecule has 0 amide bonds. The Bertz CT molecular complexity index is 1590. The van der Waals surface area contributed by atoms with E-state index in [9.17, 15) is 61.0 Å². The molecule has 0 aliphatic carbocycles. The smallest absolute Gasteiger partial charge is 0.330 e. The van der Waals surface area contributed by atoms with Crippen molar-refractivity contribution in [3.63, 3.8) is 0 Å². The van der Waals surface area contributed by atoms with Crippen molar-refractivity contribution in [1.29, 1.82) is 0 Å². The first-order chi connectivity index (χ1) is 25.5. The van der Waals surface area contributed by atoms with Crippen LogP contribution in [0.3, 0.4) is 0 Å². The molecule has 0 saturated carbocycles. The van der Waals surface area contributed by atoms with Crippen molar-refractivity contribution in [1.82, 2.24) is 0 Å². The zero-order chi connectivity index (χ0) is 39.4. The van der Waals surface area contributed by atoms with Crippen molar-refractivity contribution in [2.75, 3.05) is 13.2 Å². The van der Waals surface area contributed by atoms with Crippen LogP contribution in [0.2, 0.25) is 0 Å². The van der Waals surface area contributed by atoms with Crippen LogP contribution in [-0.4, -0.2) is 167 Å². The minimum atomic E-state index is -1.86. The molecule has 0 spiro atoms. The van der Waals surface area contributed by atoms with Gasteiger partial charge in [-0.1, -0.05) is 12.1 Å². The normalized spacial score (nSPS) is 37.3. The van der Waals surface area contributed by atoms with E-state index in [0.717, 1.165) is 6.08 Å². The molecule has 3 saturated heterocycles. The van der Waals surface area contributed by atoms with Crippen LogP contribution in [0.15, 0.2) is 42.5 Å². The second kappa shape index (κ2) is 17.9. The summed E-state index contributed by atoms with van der Waals surface area (Å²) in [5, 5.41) is 113. The lowest BCUT2D eigenvalue weighted by Crippen LogP contribution is -2.66. The molecule has 0 aromatic heterocycles. The van der Waals surface area contributed by atoms with Gasteiger partial charge in [0.1, 0.15) is 67.6 Å². The third-order valence-corrected chi connectivity index (χ3v) is 9.33. The quantitative estimate of drug-likeness (QED) is 0.0622. The first-order valence-electron chi connectivity index (χ1n) is 17.1. The fourth-order valence-corrected chi connectivity index (χ4v) is 6.06. The predicted octanol–water partition coefficient (Wildman–Crippen LogP) is -2.16. The molecule has 0 radical (unpaired) electrons. The Hall–Kier alpha value is -3.67. The van der Waals surface area contributed by atoms with E-state index in [4.69, 9.17) is 33.2 Å². The molecule has 300 valence electrons. The number of aliphatic hydroxyl groups excluding tert-OH is 7. The highest BCUT2D eigenvalue weighted by Gasteiger charge is 2.54. The second-order valence-corrected chi connectivity index (χ2v) is 13.3. The van der Waals surface area contributed by atoms with Crippen molar-refractivity contribution in [2.45, 2.75) is 112 Å². The Morgan fingerprint density at radius 2 is 1.20 bits per heavy atom. The molecule has 11 N–H and O–H groups in total. The van der Waals surface area contributed by atoms with Gasteiger partial charge in [0.25, 0.3) is 0 Å². The van der Waals surface area contributed by atoms with Crippen LogP contribution in [-0.2, 0) is 44.4 Å². The largest absolute Gasteiger partial charge is 0.504 e. The Morgan fingerprint density at radius 1 is 0.648 bits per heavy atom. The lowest BCUT2D eigenvalue weighted by molar-refractivity contribution is -0.389. The fraction of sp³-hybridized carbons (Fsp3) is 0.571. The van der Waals surface area contributed by atoms with E-state index in [0.29, 0.717) is 11.1 Å². The molecular weight excluding hydrogens is 724 g/mol. The molecule has 3 heterocycles. The number of ether oxygens (including phenoxy) is 7. The molecule has 3 aliphatic rings. The van der Waals surface area contributed by atoms with Gasteiger partial charge in [0.15, 0.2) is 41.9 Å². The van der Waals surface area contributed by atoms with E-state index >= 15 is 0 Å². The van der Waals surface area contributed by atoms with Crippen molar-refractivity contribution < 1.29 is 94.1 Å². The molecule has 19 heteroatoms. The summed E-state index contributed by atoms with van der Waals surface area (Å²) >= 11 is 0. The molecule has 3 aliphatic heterocycles. The number of carbonyl (C=O) groups excluding carboxylic acids is 1. The van der Waals surface area contributed by atoms with Crippen LogP contribution in [0.5, 0.6) is 23.0 Å². The van der Waals surface area contributed by atoms with Crippen LogP contribution in [0.1, 0.15) is 25.0 Å². The second-order valence-electron chi connectivity index (χ2n) is 13.3. The van der Waals surface area contributed by atoms with Crippen molar-refractivity contribution in [3.05, 3.63) is 53.6 Å². The average Bonchev–Trinajstić information content (AvgIpc) is 3.14. The minimum Gasteiger partial charge on any atom is -0.504 e. The Labute approximate surface area is 308 Å². The van der Waals surface area contributed by atoms with Crippen molar-refractivity contribution >= 4 is 12.0 Å². The summed E-state index contributed by atoms with van der Waals surface area (Å²) < 4.78 is 40.6. The summed E-state index contributed by atoms with van der Waals surface area (Å²) in [5.41, 5.74) is 0.856. The van der Waals surface area contributed by atoms with Gasteiger partial charge in [0, 0.05) is 6.08 Å². The van der Waals surface area contributed by atoms with Gasteiger partial charge >= 0.3 is 5.97 Å². The summed E-state index contributed by atoms with van der Waals surface area (Å²) in [5.74, 6) is -2.44. The SMILES string of the molecule is C[C@@H]1O[C@@H](O[C@H]2[C@H](OCCc3ccc(O)c(O)c3)O[C@H](COC(=O)/C=C/c3ccc(O)c(O)c3)[C@@H](O)[C@@H]2O[C@@H]2O[C@@H](C)[C@H](O)[C@@H](O)[C@H]2O)[C@H](O)[C@H](O)[C@H]1O. The van der Waals surface area contributed by atoms with Gasteiger partial charge in [-0.25, -0.2) is 4.79 Å². The molecule has 5 rings (SSSR count). The van der Waals surface area contributed by atoms with E-state index in [1.165, 1.54) is 56.3 Å². The lowest BCUT2D eigenvalue weighted by atomic mass is 9.96. The maximum absolute atomic E-state index is 12.7. The standard InChI is InChI=1S/C35H46O19/c1-14-24(41)27(44)29(46)33(50-14)53-31-26(43)22(13-49-23(40)8-5-16-3-6-18(36)20(38)11-16)52-35(48-10-9-17-4-7-19(37)21(39)12-17)32(31)54-34-30(47)28(45)25(42)15(2)51-34/h3-8,11-12,14-15,22,24-39,41-47H,9-10,13H2,1-2H3/b8-5+/t14-,15-,22+,24-,25-,26+,27+,28+,29+,30+,31-,32+,33-,34-,35+/m0/s1. The number of carbonyl (C=O) groups is 1. The van der Waals surface area contributed by atoms with E-state index in [1.54, 1.807) is 0 Å². The topological polar surface area (TPSA) is 304 Å². The number of hydrogen-bond donors (Lipinski definition) is 11. The molecule has 2 aromatic carbocycles. The Morgan fingerprint density at radius 3 is 1.78 bits per heavy atom. The maximum atomic E-state index is 12.7. The summed E-state index contributed by atoms with van der Waals surface area (Å²) in [6.07, 6.45) is -21.4. The average molecular weight is 771 g/mol. The third kappa shape index (κ3) is 9.58. The van der Waals surface area contributed by atoms with Crippen LogP contribution in [0.25, 0.3) is 6.08 Å². The third-order valence-electron chi connectivity index (χ3n) is 9.33. The summed E-state index contributed by atoms with van der Waals surface area (Å²) in [7, 11) is 0. The summed E-state index contributed by atoms with van der Waals surface area (Å²) in [4.78, 5) is 12.7. The van der Waals surface area contributed by atoms with E-state index in [1.807, 2.05) is 0 Å². The number of hydrogen-bond acceptors (Lipinski definition) is 19. The van der Waals surface area contributed by atoms with Gasteiger partial charge in [0.05, 0.1) is 18.8 Å². The van der Waals surface area contributed by atoms with E-state index < -0.39 is 110 Å². The van der Waals surface area contributed by atoms with Crippen LogP contribution >= 0.6 is 0 Å². The van der Waals surface area contributed by atoms with Crippen LogP contribution < -0.4 is 0 Å². The summed E-state index contributed by atoms with van der Waals surface area (Å²) in [6.45, 7) is 1.98. The number of aliphatic hydroxyl groups is 7. The molecule has 15 atom stereocenters. The monoisotopic (exact) mass is 770 g/mol. The highest BCUT2D eigenvalue weighted by Crippen LogP contribution is 2.34.